The maximum atomic E-state index is 5.01. The second kappa shape index (κ2) is 11.8. The van der Waals surface area contributed by atoms with Gasteiger partial charge in [0.05, 0.1) is 0 Å². The average molecular weight is 358 g/mol. The fourth-order valence-corrected chi connectivity index (χ4v) is 4.55. The molecule has 2 rings (SSSR count). The van der Waals surface area contributed by atoms with Gasteiger partial charge in [-0.2, -0.15) is 0 Å². The van der Waals surface area contributed by atoms with Crippen LogP contribution in [0.2, 0.25) is 0 Å². The molecule has 1 heterocycles. The molecule has 148 valence electrons. The van der Waals surface area contributed by atoms with Gasteiger partial charge in [0.1, 0.15) is 0 Å². The van der Waals surface area contributed by atoms with E-state index in [9.17, 15) is 0 Å². The summed E-state index contributed by atoms with van der Waals surface area (Å²) in [5, 5.41) is 0. The highest BCUT2D eigenvalue weighted by molar-refractivity contribution is 5.31. The monoisotopic (exact) mass is 357 g/mol. The van der Waals surface area contributed by atoms with E-state index < -0.39 is 0 Å². The highest BCUT2D eigenvalue weighted by Crippen LogP contribution is 2.36. The van der Waals surface area contributed by atoms with Crippen LogP contribution >= 0.6 is 0 Å². The lowest BCUT2D eigenvalue weighted by Crippen LogP contribution is -2.23. The van der Waals surface area contributed by atoms with Gasteiger partial charge < -0.3 is 0 Å². The molecule has 0 amide bonds. The molecule has 0 fully saturated rings. The third-order valence-electron chi connectivity index (χ3n) is 6.53. The van der Waals surface area contributed by atoms with E-state index in [1.54, 1.807) is 5.56 Å². The smallest absolute Gasteiger partial charge is 0.0435 e. The summed E-state index contributed by atoms with van der Waals surface area (Å²) in [6.45, 7) is 7.14. The predicted molar refractivity (Wildman–Crippen MR) is 115 cm³/mol. The predicted octanol–water partition coefficient (Wildman–Crippen LogP) is 7.94. The summed E-state index contributed by atoms with van der Waals surface area (Å²) in [6.07, 6.45) is 23.7. The summed E-state index contributed by atoms with van der Waals surface area (Å²) in [7, 11) is 0. The van der Waals surface area contributed by atoms with E-state index in [1.807, 2.05) is 0 Å². The van der Waals surface area contributed by atoms with Crippen molar-refractivity contribution in [2.45, 2.75) is 129 Å². The minimum Gasteiger partial charge on any atom is -0.261 e. The van der Waals surface area contributed by atoms with Crippen molar-refractivity contribution in [2.75, 3.05) is 0 Å². The Labute approximate surface area is 163 Å². The Bertz CT molecular complexity index is 507. The third-order valence-corrected chi connectivity index (χ3v) is 6.53. The number of hydrogen-bond acceptors (Lipinski definition) is 1. The summed E-state index contributed by atoms with van der Waals surface area (Å²) >= 11 is 0. The molecule has 1 unspecified atom stereocenters. The van der Waals surface area contributed by atoms with Gasteiger partial charge in [-0.05, 0) is 55.1 Å². The molecule has 1 aromatic rings. The van der Waals surface area contributed by atoms with Gasteiger partial charge in [-0.3, -0.25) is 4.98 Å². The van der Waals surface area contributed by atoms with Gasteiger partial charge in [-0.1, -0.05) is 91.0 Å². The van der Waals surface area contributed by atoms with E-state index in [4.69, 9.17) is 4.98 Å². The van der Waals surface area contributed by atoms with Gasteiger partial charge in [0, 0.05) is 11.9 Å². The van der Waals surface area contributed by atoms with Crippen molar-refractivity contribution in [3.05, 3.63) is 29.1 Å². The molecule has 1 heteroatoms. The van der Waals surface area contributed by atoms with Crippen molar-refractivity contribution < 1.29 is 0 Å². The molecule has 0 aliphatic heterocycles. The molecule has 0 aromatic carbocycles. The zero-order valence-electron chi connectivity index (χ0n) is 17.9. The molecule has 0 bridgehead atoms. The first-order valence-corrected chi connectivity index (χ1v) is 11.7. The SMILES string of the molecule is CCCCCCC(C)(CCCC)c1cnc2c(c1)CCCCCCCC2. The van der Waals surface area contributed by atoms with Crippen LogP contribution in [0.1, 0.15) is 127 Å². The number of nitrogens with zero attached hydrogens (tertiary/aromatic N) is 1. The molecule has 0 radical (unpaired) electrons. The maximum Gasteiger partial charge on any atom is 0.0435 e. The number of pyridine rings is 1. The Morgan fingerprint density at radius 2 is 1.46 bits per heavy atom. The van der Waals surface area contributed by atoms with Crippen LogP contribution in [-0.4, -0.2) is 4.98 Å². The van der Waals surface area contributed by atoms with Gasteiger partial charge in [0.2, 0.25) is 0 Å². The van der Waals surface area contributed by atoms with E-state index in [-0.39, 0.29) is 0 Å². The Morgan fingerprint density at radius 1 is 0.808 bits per heavy atom. The first-order chi connectivity index (χ1) is 12.7. The van der Waals surface area contributed by atoms with E-state index in [2.05, 4.69) is 33.0 Å². The van der Waals surface area contributed by atoms with Crippen molar-refractivity contribution >= 4 is 0 Å². The molecule has 1 nitrogen and oxygen atoms in total. The lowest BCUT2D eigenvalue weighted by molar-refractivity contribution is 0.367. The fourth-order valence-electron chi connectivity index (χ4n) is 4.55. The van der Waals surface area contributed by atoms with Crippen molar-refractivity contribution in [1.82, 2.24) is 4.98 Å². The molecular weight excluding hydrogens is 314 g/mol. The molecule has 1 aliphatic rings. The van der Waals surface area contributed by atoms with Crippen molar-refractivity contribution in [3.8, 4) is 0 Å². The molecule has 0 saturated heterocycles. The second-order valence-electron chi connectivity index (χ2n) is 8.93. The Hall–Kier alpha value is -0.850. The molecular formula is C25H43N. The second-order valence-corrected chi connectivity index (χ2v) is 8.93. The number of unbranched alkanes of at least 4 members (excludes halogenated alkanes) is 4. The van der Waals surface area contributed by atoms with Crippen LogP contribution in [0.15, 0.2) is 12.3 Å². The van der Waals surface area contributed by atoms with Crippen molar-refractivity contribution in [2.24, 2.45) is 0 Å². The lowest BCUT2D eigenvalue weighted by atomic mass is 9.74. The summed E-state index contributed by atoms with van der Waals surface area (Å²) in [4.78, 5) is 5.01. The summed E-state index contributed by atoms with van der Waals surface area (Å²) in [5.74, 6) is 0. The molecule has 0 spiro atoms. The summed E-state index contributed by atoms with van der Waals surface area (Å²) < 4.78 is 0. The number of fused-ring (bicyclic) bond motifs is 1. The highest BCUT2D eigenvalue weighted by atomic mass is 14.7. The summed E-state index contributed by atoms with van der Waals surface area (Å²) in [5.41, 5.74) is 4.82. The molecule has 1 aliphatic carbocycles. The third kappa shape index (κ3) is 6.71. The minimum atomic E-state index is 0.321. The molecule has 1 aromatic heterocycles. The average Bonchev–Trinajstić information content (AvgIpc) is 2.67. The van der Waals surface area contributed by atoms with Crippen molar-refractivity contribution in [3.63, 3.8) is 0 Å². The van der Waals surface area contributed by atoms with E-state index in [0.29, 0.717) is 5.41 Å². The Kier molecular flexibility index (Phi) is 9.72. The van der Waals surface area contributed by atoms with Gasteiger partial charge >= 0.3 is 0 Å². The van der Waals surface area contributed by atoms with E-state index >= 15 is 0 Å². The summed E-state index contributed by atoms with van der Waals surface area (Å²) in [6, 6.07) is 2.57. The van der Waals surface area contributed by atoms with Gasteiger partial charge in [0.25, 0.3) is 0 Å². The van der Waals surface area contributed by atoms with Gasteiger partial charge in [0.15, 0.2) is 0 Å². The van der Waals surface area contributed by atoms with E-state index in [1.165, 1.54) is 114 Å². The van der Waals surface area contributed by atoms with Gasteiger partial charge in [-0.25, -0.2) is 0 Å². The standard InChI is InChI=1S/C25H43N/c1-4-6-8-15-19-25(3,18-7-5-2)23-20-22-16-13-11-9-10-12-14-17-24(22)26-21-23/h20-21H,4-19H2,1-3H3. The van der Waals surface area contributed by atoms with Crippen LogP contribution < -0.4 is 0 Å². The quantitative estimate of drug-likeness (QED) is 0.409. The zero-order valence-corrected chi connectivity index (χ0v) is 17.9. The molecule has 0 saturated carbocycles. The molecule has 26 heavy (non-hydrogen) atoms. The first kappa shape index (κ1) is 21.5. The number of hydrogen-bond donors (Lipinski definition) is 0. The zero-order chi connectivity index (χ0) is 18.7. The van der Waals surface area contributed by atoms with Crippen LogP contribution in [0.25, 0.3) is 0 Å². The van der Waals surface area contributed by atoms with Crippen LogP contribution in [0.3, 0.4) is 0 Å². The van der Waals surface area contributed by atoms with Crippen LogP contribution in [-0.2, 0) is 18.3 Å². The molecule has 1 atom stereocenters. The number of rotatable bonds is 9. The van der Waals surface area contributed by atoms with Crippen LogP contribution in [0.4, 0.5) is 0 Å². The maximum absolute atomic E-state index is 5.01. The Balaban J connectivity index is 2.17. The van der Waals surface area contributed by atoms with Gasteiger partial charge in [-0.15, -0.1) is 0 Å². The highest BCUT2D eigenvalue weighted by Gasteiger charge is 2.27. The first-order valence-electron chi connectivity index (χ1n) is 11.7. The fraction of sp³-hybridized carbons (Fsp3) is 0.800. The topological polar surface area (TPSA) is 12.9 Å². The normalized spacial score (nSPS) is 18.1. The number of aryl methyl sites for hydroxylation is 2. The lowest BCUT2D eigenvalue weighted by Gasteiger charge is -2.31. The van der Waals surface area contributed by atoms with Crippen LogP contribution in [0.5, 0.6) is 0 Å². The Morgan fingerprint density at radius 3 is 2.19 bits per heavy atom. The van der Waals surface area contributed by atoms with E-state index in [0.717, 1.165) is 0 Å². The van der Waals surface area contributed by atoms with Crippen molar-refractivity contribution in [1.29, 1.82) is 0 Å². The van der Waals surface area contributed by atoms with Crippen LogP contribution in [0, 0.1) is 0 Å². The minimum absolute atomic E-state index is 0.321. The largest absolute Gasteiger partial charge is 0.261 e. The molecule has 0 N–H and O–H groups in total. The number of aromatic nitrogens is 1.